The maximum Gasteiger partial charge on any atom is 0.257 e. The maximum absolute atomic E-state index is 13.0. The fourth-order valence-corrected chi connectivity index (χ4v) is 6.17. The predicted octanol–water partition coefficient (Wildman–Crippen LogP) is 4.28. The molecule has 0 spiro atoms. The van der Waals surface area contributed by atoms with Gasteiger partial charge in [0.2, 0.25) is 10.0 Å². The molecule has 8 heteroatoms. The van der Waals surface area contributed by atoms with Gasteiger partial charge in [-0.2, -0.15) is 4.31 Å². The first-order chi connectivity index (χ1) is 13.8. The molecule has 1 fully saturated rings. The summed E-state index contributed by atoms with van der Waals surface area (Å²) in [5.74, 6) is -0.0301. The molecule has 6 nitrogen and oxygen atoms in total. The molecule has 152 valence electrons. The van der Waals surface area contributed by atoms with Gasteiger partial charge in [-0.25, -0.2) is 13.4 Å². The summed E-state index contributed by atoms with van der Waals surface area (Å²) in [6.07, 6.45) is 1.90. The van der Waals surface area contributed by atoms with Crippen molar-refractivity contribution in [3.8, 4) is 0 Å². The van der Waals surface area contributed by atoms with Crippen molar-refractivity contribution in [2.45, 2.75) is 31.6 Å². The molecular weight excluding hydrogens is 406 g/mol. The molecule has 1 amide bonds. The number of anilines is 1. The highest BCUT2D eigenvalue weighted by Crippen LogP contribution is 2.28. The summed E-state index contributed by atoms with van der Waals surface area (Å²) in [7, 11) is -3.61. The summed E-state index contributed by atoms with van der Waals surface area (Å²) in [5.41, 5.74) is 2.25. The minimum absolute atomic E-state index is 0.152. The number of carbonyl (C=O) groups excluding carboxylic acids is 1. The molecule has 1 aromatic heterocycles. The third kappa shape index (κ3) is 4.19. The molecular formula is C21H23N3O3S2. The van der Waals surface area contributed by atoms with Crippen LogP contribution < -0.4 is 5.32 Å². The van der Waals surface area contributed by atoms with E-state index in [2.05, 4.69) is 17.2 Å². The minimum atomic E-state index is -3.61. The van der Waals surface area contributed by atoms with Crippen molar-refractivity contribution in [1.82, 2.24) is 9.29 Å². The van der Waals surface area contributed by atoms with Crippen LogP contribution in [0, 0.1) is 12.8 Å². The number of carbonyl (C=O) groups is 1. The number of piperidine rings is 1. The molecule has 0 aliphatic carbocycles. The van der Waals surface area contributed by atoms with Crippen molar-refractivity contribution in [2.75, 3.05) is 18.4 Å². The number of hydrogen-bond acceptors (Lipinski definition) is 5. The van der Waals surface area contributed by atoms with Crippen molar-refractivity contribution >= 4 is 42.6 Å². The van der Waals surface area contributed by atoms with Gasteiger partial charge < -0.3 is 0 Å². The number of benzene rings is 2. The highest BCUT2D eigenvalue weighted by molar-refractivity contribution is 7.89. The summed E-state index contributed by atoms with van der Waals surface area (Å²) in [6.45, 7) is 5.11. The van der Waals surface area contributed by atoms with Crippen molar-refractivity contribution in [3.05, 3.63) is 53.6 Å². The van der Waals surface area contributed by atoms with Gasteiger partial charge in [0.1, 0.15) is 0 Å². The van der Waals surface area contributed by atoms with E-state index in [1.54, 1.807) is 18.2 Å². The van der Waals surface area contributed by atoms with Crippen LogP contribution in [0.5, 0.6) is 0 Å². The van der Waals surface area contributed by atoms with E-state index in [0.29, 0.717) is 29.7 Å². The largest absolute Gasteiger partial charge is 0.298 e. The second kappa shape index (κ2) is 7.85. The van der Waals surface area contributed by atoms with Gasteiger partial charge in [-0.15, -0.1) is 0 Å². The Morgan fingerprint density at radius 1 is 1.24 bits per heavy atom. The average molecular weight is 430 g/mol. The normalized spacial score (nSPS) is 18.1. The van der Waals surface area contributed by atoms with Gasteiger partial charge in [-0.1, -0.05) is 30.4 Å². The first-order valence-electron chi connectivity index (χ1n) is 9.62. The number of thiazole rings is 1. The van der Waals surface area contributed by atoms with Gasteiger partial charge in [0.15, 0.2) is 5.13 Å². The Labute approximate surface area is 174 Å². The van der Waals surface area contributed by atoms with E-state index >= 15 is 0 Å². The highest BCUT2D eigenvalue weighted by atomic mass is 32.2. The molecule has 29 heavy (non-hydrogen) atoms. The lowest BCUT2D eigenvalue weighted by Crippen LogP contribution is -2.39. The van der Waals surface area contributed by atoms with Gasteiger partial charge in [0.25, 0.3) is 5.91 Å². The van der Waals surface area contributed by atoms with Crippen LogP contribution in [0.25, 0.3) is 10.2 Å². The number of amides is 1. The summed E-state index contributed by atoms with van der Waals surface area (Å²) < 4.78 is 28.5. The zero-order valence-corrected chi connectivity index (χ0v) is 18.0. The van der Waals surface area contributed by atoms with Crippen molar-refractivity contribution in [1.29, 1.82) is 0 Å². The molecule has 0 unspecified atom stereocenters. The van der Waals surface area contributed by atoms with Gasteiger partial charge in [-0.05, 0) is 61.6 Å². The van der Waals surface area contributed by atoms with E-state index < -0.39 is 10.0 Å². The van der Waals surface area contributed by atoms with Gasteiger partial charge in [-0.3, -0.25) is 10.1 Å². The monoisotopic (exact) mass is 429 g/mol. The minimum Gasteiger partial charge on any atom is -0.298 e. The Morgan fingerprint density at radius 2 is 2.07 bits per heavy atom. The van der Waals surface area contributed by atoms with Crippen molar-refractivity contribution in [3.63, 3.8) is 0 Å². The molecule has 3 aromatic rings. The Morgan fingerprint density at radius 3 is 2.86 bits per heavy atom. The van der Waals surface area contributed by atoms with E-state index in [4.69, 9.17) is 0 Å². The lowest BCUT2D eigenvalue weighted by molar-refractivity contribution is 0.102. The van der Waals surface area contributed by atoms with Crippen LogP contribution in [0.3, 0.4) is 0 Å². The summed E-state index contributed by atoms with van der Waals surface area (Å²) in [5, 5.41) is 3.29. The molecule has 2 heterocycles. The first kappa shape index (κ1) is 20.0. The molecule has 1 aliphatic heterocycles. The number of fused-ring (bicyclic) bond motifs is 1. The fraction of sp³-hybridized carbons (Fsp3) is 0.333. The quantitative estimate of drug-likeness (QED) is 0.671. The molecule has 1 atom stereocenters. The summed E-state index contributed by atoms with van der Waals surface area (Å²) in [4.78, 5) is 17.3. The van der Waals surface area contributed by atoms with E-state index in [1.807, 2.05) is 25.1 Å². The molecule has 1 aliphatic rings. The van der Waals surface area contributed by atoms with Gasteiger partial charge in [0, 0.05) is 18.7 Å². The van der Waals surface area contributed by atoms with Crippen LogP contribution in [-0.4, -0.2) is 36.7 Å². The smallest absolute Gasteiger partial charge is 0.257 e. The Hall–Kier alpha value is -2.29. The highest BCUT2D eigenvalue weighted by Gasteiger charge is 2.29. The standard InChI is InChI=1S/C21H23N3O3S2/c1-14-8-9-18-19(11-14)28-21(22-18)23-20(25)16-6-3-7-17(12-16)29(26,27)24-10-4-5-15(2)13-24/h3,6-9,11-12,15H,4-5,10,13H2,1-2H3,(H,22,23,25)/t15-/m1/s1. The molecule has 4 rings (SSSR count). The van der Waals surface area contributed by atoms with Crippen LogP contribution in [0.1, 0.15) is 35.7 Å². The molecule has 0 radical (unpaired) electrons. The lowest BCUT2D eigenvalue weighted by atomic mass is 10.0. The number of aryl methyl sites for hydroxylation is 1. The van der Waals surface area contributed by atoms with Gasteiger partial charge in [0.05, 0.1) is 15.1 Å². The lowest BCUT2D eigenvalue weighted by Gasteiger charge is -2.30. The number of aromatic nitrogens is 1. The van der Waals surface area contributed by atoms with Crippen LogP contribution in [0.4, 0.5) is 5.13 Å². The van der Waals surface area contributed by atoms with Crippen LogP contribution in [0.2, 0.25) is 0 Å². The topological polar surface area (TPSA) is 79.4 Å². The van der Waals surface area contributed by atoms with E-state index in [9.17, 15) is 13.2 Å². The molecule has 1 N–H and O–H groups in total. The zero-order valence-electron chi connectivity index (χ0n) is 16.4. The number of nitrogens with one attached hydrogen (secondary N) is 1. The van der Waals surface area contributed by atoms with Crippen molar-refractivity contribution in [2.24, 2.45) is 5.92 Å². The first-order valence-corrected chi connectivity index (χ1v) is 11.9. The van der Waals surface area contributed by atoms with Crippen molar-refractivity contribution < 1.29 is 13.2 Å². The average Bonchev–Trinajstić information content (AvgIpc) is 3.09. The summed E-state index contributed by atoms with van der Waals surface area (Å²) >= 11 is 1.40. The van der Waals surface area contributed by atoms with Crippen LogP contribution in [-0.2, 0) is 10.0 Å². The van der Waals surface area contributed by atoms with E-state index in [1.165, 1.54) is 21.7 Å². The second-order valence-electron chi connectivity index (χ2n) is 7.58. The maximum atomic E-state index is 13.0. The second-order valence-corrected chi connectivity index (χ2v) is 10.6. The summed E-state index contributed by atoms with van der Waals surface area (Å²) in [6, 6.07) is 12.1. The van der Waals surface area contributed by atoms with Gasteiger partial charge >= 0.3 is 0 Å². The molecule has 0 bridgehead atoms. The van der Waals surface area contributed by atoms with E-state index in [-0.39, 0.29) is 10.8 Å². The number of rotatable bonds is 4. The molecule has 2 aromatic carbocycles. The number of hydrogen-bond donors (Lipinski definition) is 1. The zero-order chi connectivity index (χ0) is 20.6. The number of sulfonamides is 1. The van der Waals surface area contributed by atoms with E-state index in [0.717, 1.165) is 28.6 Å². The van der Waals surface area contributed by atoms with Crippen LogP contribution in [0.15, 0.2) is 47.4 Å². The fourth-order valence-electron chi connectivity index (χ4n) is 3.57. The Balaban J connectivity index is 1.56. The molecule has 1 saturated heterocycles. The third-order valence-corrected chi connectivity index (χ3v) is 7.91. The Bertz CT molecular complexity index is 1170. The Kier molecular flexibility index (Phi) is 5.42. The number of nitrogens with zero attached hydrogens (tertiary/aromatic N) is 2. The third-order valence-electron chi connectivity index (χ3n) is 5.12. The predicted molar refractivity (Wildman–Crippen MR) is 116 cm³/mol. The molecule has 0 saturated carbocycles. The SMILES string of the molecule is Cc1ccc2nc(NC(=O)c3cccc(S(=O)(=O)N4CCC[C@@H](C)C4)c3)sc2c1. The van der Waals surface area contributed by atoms with Crippen LogP contribution >= 0.6 is 11.3 Å².